The van der Waals surface area contributed by atoms with Crippen molar-refractivity contribution in [3.8, 4) is 0 Å². The number of ether oxygens (including phenoxy) is 1. The number of rotatable bonds is 9. The highest BCUT2D eigenvalue weighted by molar-refractivity contribution is 6.40. The number of likely N-dealkylation sites (tertiary alicyclic amines) is 1. The lowest BCUT2D eigenvalue weighted by Crippen LogP contribution is -2.52. The number of nitrogens with zero attached hydrogens (tertiary/aromatic N) is 2. The van der Waals surface area contributed by atoms with Crippen LogP contribution in [0.4, 0.5) is 10.5 Å². The molecule has 0 bridgehead atoms. The Morgan fingerprint density at radius 1 is 1.07 bits per heavy atom. The highest BCUT2D eigenvalue weighted by atomic mass is 35.5. The first-order valence-electron chi connectivity index (χ1n) is 13.8. The molecule has 2 aromatic rings. The van der Waals surface area contributed by atoms with Crippen LogP contribution in [0.2, 0.25) is 10.0 Å². The van der Waals surface area contributed by atoms with Crippen LogP contribution in [0, 0.1) is 0 Å². The predicted molar refractivity (Wildman–Crippen MR) is 158 cm³/mol. The van der Waals surface area contributed by atoms with E-state index >= 15 is 0 Å². The van der Waals surface area contributed by atoms with E-state index in [2.05, 4.69) is 20.9 Å². The highest BCUT2D eigenvalue weighted by Crippen LogP contribution is 2.27. The minimum Gasteiger partial charge on any atom is -0.480 e. The molecule has 1 aromatic heterocycles. The predicted octanol–water partition coefficient (Wildman–Crippen LogP) is 4.27. The van der Waals surface area contributed by atoms with Gasteiger partial charge in [-0.05, 0) is 57.7 Å². The van der Waals surface area contributed by atoms with Crippen molar-refractivity contribution in [1.82, 2.24) is 20.5 Å². The second-order valence-corrected chi connectivity index (χ2v) is 12.4. The van der Waals surface area contributed by atoms with Crippen LogP contribution >= 0.6 is 23.2 Å². The lowest BCUT2D eigenvalue weighted by Gasteiger charge is -2.30. The van der Waals surface area contributed by atoms with E-state index in [1.54, 1.807) is 45.0 Å². The maximum absolute atomic E-state index is 13.4. The van der Waals surface area contributed by atoms with Gasteiger partial charge in [0.25, 0.3) is 5.91 Å². The van der Waals surface area contributed by atoms with Crippen molar-refractivity contribution >= 4 is 52.8 Å². The van der Waals surface area contributed by atoms with Gasteiger partial charge in [0.15, 0.2) is 0 Å². The summed E-state index contributed by atoms with van der Waals surface area (Å²) in [5, 5.41) is 18.9. The van der Waals surface area contributed by atoms with Gasteiger partial charge in [-0.3, -0.25) is 19.5 Å². The lowest BCUT2D eigenvalue weighted by molar-refractivity contribution is -0.142. The largest absolute Gasteiger partial charge is 0.480 e. The Bertz CT molecular complexity index is 1310. The molecule has 1 saturated carbocycles. The van der Waals surface area contributed by atoms with Crippen LogP contribution in [-0.4, -0.2) is 75.2 Å². The quantitative estimate of drug-likeness (QED) is 0.325. The number of carbonyl (C=O) groups excluding carboxylic acids is 3. The molecule has 1 aliphatic carbocycles. The van der Waals surface area contributed by atoms with Gasteiger partial charge in [0.05, 0.1) is 15.6 Å². The summed E-state index contributed by atoms with van der Waals surface area (Å²) < 4.78 is 5.54. The Labute approximate surface area is 254 Å². The fourth-order valence-electron chi connectivity index (χ4n) is 4.89. The average Bonchev–Trinajstić information content (AvgIpc) is 3.30. The van der Waals surface area contributed by atoms with Gasteiger partial charge >= 0.3 is 12.1 Å². The molecule has 2 fully saturated rings. The second-order valence-electron chi connectivity index (χ2n) is 11.6. The van der Waals surface area contributed by atoms with Gasteiger partial charge in [-0.2, -0.15) is 0 Å². The molecule has 0 spiro atoms. The Morgan fingerprint density at radius 2 is 1.71 bits per heavy atom. The number of carboxylic acid groups (broad SMARTS) is 1. The number of benzene rings is 1. The third-order valence-corrected chi connectivity index (χ3v) is 7.73. The van der Waals surface area contributed by atoms with Crippen LogP contribution < -0.4 is 16.0 Å². The van der Waals surface area contributed by atoms with Crippen LogP contribution in [0.5, 0.6) is 0 Å². The van der Waals surface area contributed by atoms with Crippen LogP contribution in [-0.2, 0) is 20.7 Å². The van der Waals surface area contributed by atoms with Gasteiger partial charge in [0, 0.05) is 43.1 Å². The van der Waals surface area contributed by atoms with Gasteiger partial charge < -0.3 is 25.8 Å². The second kappa shape index (κ2) is 13.3. The first-order chi connectivity index (χ1) is 19.8. The molecule has 11 nitrogen and oxygen atoms in total. The van der Waals surface area contributed by atoms with Gasteiger partial charge in [0.1, 0.15) is 17.7 Å². The van der Waals surface area contributed by atoms with E-state index in [4.69, 9.17) is 27.9 Å². The van der Waals surface area contributed by atoms with Crippen LogP contribution in [0.3, 0.4) is 0 Å². The van der Waals surface area contributed by atoms with E-state index in [9.17, 15) is 24.3 Å². The standard InChI is InChI=1S/C29H35Cl2N5O6/c1-29(2,3)42-28(41)36-15-19(33-17-5-4-6-17)12-23(36)25(37)35-22(27(39)40)11-16-7-9-18(10-8-16)34-26(38)24-20(30)13-32-14-21(24)31/h7-10,13-14,17,19,22-23,33H,4-6,11-12,15H2,1-3H3,(H,34,38)(H,35,37)(H,39,40)/t19-,22+,23?/m1/s1. The number of carbonyl (C=O) groups is 4. The lowest BCUT2D eigenvalue weighted by atomic mass is 9.92. The zero-order valence-electron chi connectivity index (χ0n) is 23.7. The molecule has 42 heavy (non-hydrogen) atoms. The molecule has 4 N–H and O–H groups in total. The van der Waals surface area contributed by atoms with Crippen molar-refractivity contribution in [2.24, 2.45) is 0 Å². The number of halogens is 2. The van der Waals surface area contributed by atoms with Crippen molar-refractivity contribution in [3.63, 3.8) is 0 Å². The Morgan fingerprint density at radius 3 is 2.26 bits per heavy atom. The fraction of sp³-hybridized carbons (Fsp3) is 0.483. The third-order valence-electron chi connectivity index (χ3n) is 7.16. The number of hydrogen-bond donors (Lipinski definition) is 4. The van der Waals surface area contributed by atoms with Crippen molar-refractivity contribution < 1.29 is 29.0 Å². The highest BCUT2D eigenvalue weighted by Gasteiger charge is 2.43. The summed E-state index contributed by atoms with van der Waals surface area (Å²) in [7, 11) is 0. The maximum Gasteiger partial charge on any atom is 0.411 e. The van der Waals surface area contributed by atoms with Crippen LogP contribution in [0.1, 0.15) is 62.4 Å². The van der Waals surface area contributed by atoms with Crippen LogP contribution in [0.25, 0.3) is 0 Å². The van der Waals surface area contributed by atoms with Crippen molar-refractivity contribution in [3.05, 3.63) is 57.8 Å². The number of aliphatic carboxylic acids is 1. The van der Waals surface area contributed by atoms with Crippen molar-refractivity contribution in [2.75, 3.05) is 11.9 Å². The van der Waals surface area contributed by atoms with Gasteiger partial charge in [-0.25, -0.2) is 9.59 Å². The molecule has 2 aliphatic rings. The first-order valence-corrected chi connectivity index (χ1v) is 14.5. The summed E-state index contributed by atoms with van der Waals surface area (Å²) in [5.74, 6) is -2.29. The smallest absolute Gasteiger partial charge is 0.411 e. The summed E-state index contributed by atoms with van der Waals surface area (Å²) in [5.41, 5.74) is 0.389. The zero-order chi connectivity index (χ0) is 30.6. The van der Waals surface area contributed by atoms with Crippen molar-refractivity contribution in [2.45, 2.75) is 82.6 Å². The molecule has 1 aliphatic heterocycles. The molecule has 2 heterocycles. The zero-order valence-corrected chi connectivity index (χ0v) is 25.2. The van der Waals surface area contributed by atoms with E-state index in [0.717, 1.165) is 19.3 Å². The summed E-state index contributed by atoms with van der Waals surface area (Å²) in [6.45, 7) is 5.55. The molecular formula is C29H35Cl2N5O6. The number of pyridine rings is 1. The molecule has 1 aromatic carbocycles. The van der Waals surface area contributed by atoms with E-state index in [0.29, 0.717) is 30.3 Å². The van der Waals surface area contributed by atoms with E-state index < -0.39 is 41.6 Å². The van der Waals surface area contributed by atoms with Gasteiger partial charge in [-0.15, -0.1) is 0 Å². The molecular weight excluding hydrogens is 585 g/mol. The topological polar surface area (TPSA) is 150 Å². The summed E-state index contributed by atoms with van der Waals surface area (Å²) in [6, 6.07) is 4.65. The monoisotopic (exact) mass is 619 g/mol. The maximum atomic E-state index is 13.4. The summed E-state index contributed by atoms with van der Waals surface area (Å²) in [4.78, 5) is 56.3. The molecule has 0 radical (unpaired) electrons. The summed E-state index contributed by atoms with van der Waals surface area (Å²) >= 11 is 12.1. The molecule has 13 heteroatoms. The minimum atomic E-state index is -1.24. The number of aromatic nitrogens is 1. The van der Waals surface area contributed by atoms with Crippen LogP contribution in [0.15, 0.2) is 36.7 Å². The molecule has 3 atom stereocenters. The average molecular weight is 621 g/mol. The molecule has 1 saturated heterocycles. The molecule has 3 amide bonds. The van der Waals surface area contributed by atoms with E-state index in [-0.39, 0.29) is 28.1 Å². The SMILES string of the molecule is CC(C)(C)OC(=O)N1C[C@H](NC2CCC2)CC1C(=O)N[C@@H](Cc1ccc(NC(=O)c2c(Cl)cncc2Cl)cc1)C(=O)O. The minimum absolute atomic E-state index is 0.0137. The van der Waals surface area contributed by atoms with Gasteiger partial charge in [-0.1, -0.05) is 41.8 Å². The number of carboxylic acids is 1. The third kappa shape index (κ3) is 8.11. The summed E-state index contributed by atoms with van der Waals surface area (Å²) in [6.07, 6.45) is 5.60. The Balaban J connectivity index is 1.41. The molecule has 4 rings (SSSR count). The molecule has 1 unspecified atom stereocenters. The Hall–Kier alpha value is -3.41. The van der Waals surface area contributed by atoms with E-state index in [1.165, 1.54) is 17.3 Å². The number of hydrogen-bond acceptors (Lipinski definition) is 7. The number of nitrogens with one attached hydrogen (secondary N) is 3. The van der Waals surface area contributed by atoms with E-state index in [1.807, 2.05) is 0 Å². The first kappa shape index (κ1) is 31.5. The number of anilines is 1. The normalized spacial score (nSPS) is 19.5. The number of amides is 3. The Kier molecular flexibility index (Phi) is 9.96. The van der Waals surface area contributed by atoms with Gasteiger partial charge in [0.2, 0.25) is 5.91 Å². The fourth-order valence-corrected chi connectivity index (χ4v) is 5.42. The van der Waals surface area contributed by atoms with Crippen molar-refractivity contribution in [1.29, 1.82) is 0 Å². The molecule has 226 valence electrons.